The van der Waals surface area contributed by atoms with Crippen molar-refractivity contribution in [3.8, 4) is 0 Å². The number of hydrogen-bond donors (Lipinski definition) is 2. The number of hydrogen-bond acceptors (Lipinski definition) is 3. The molecule has 0 aromatic heterocycles. The van der Waals surface area contributed by atoms with Crippen LogP contribution in [0.3, 0.4) is 0 Å². The van der Waals surface area contributed by atoms with Crippen LogP contribution in [0.25, 0.3) is 0 Å². The Morgan fingerprint density at radius 1 is 0.957 bits per heavy atom. The average molecular weight is 328 g/mol. The average Bonchev–Trinajstić information content (AvgIpc) is 2.51. The van der Waals surface area contributed by atoms with Gasteiger partial charge in [0.1, 0.15) is 0 Å². The van der Waals surface area contributed by atoms with Gasteiger partial charge in [-0.2, -0.15) is 0 Å². The van der Waals surface area contributed by atoms with Crippen molar-refractivity contribution in [1.82, 2.24) is 0 Å². The topological polar surface area (TPSA) is 58.2 Å². The van der Waals surface area contributed by atoms with E-state index < -0.39 is 0 Å². The predicted octanol–water partition coefficient (Wildman–Crippen LogP) is 3.83. The molecule has 0 saturated carbocycles. The van der Waals surface area contributed by atoms with Crippen LogP contribution in [-0.4, -0.2) is 17.6 Å². The molecule has 0 aliphatic heterocycles. The second-order valence-corrected chi connectivity index (χ2v) is 6.21. The molecule has 0 fully saturated rings. The van der Waals surface area contributed by atoms with Crippen LogP contribution in [0.1, 0.15) is 18.1 Å². The Balaban J connectivity index is 1.78. The molecular formula is C18H20N2O2S. The van der Waals surface area contributed by atoms with Crippen LogP contribution in [0, 0.1) is 6.92 Å². The minimum absolute atomic E-state index is 0.0316. The van der Waals surface area contributed by atoms with Gasteiger partial charge < -0.3 is 10.6 Å². The lowest BCUT2D eigenvalue weighted by molar-refractivity contribution is -0.114. The van der Waals surface area contributed by atoms with Gasteiger partial charge in [-0.15, -0.1) is 11.8 Å². The maximum absolute atomic E-state index is 11.9. The fourth-order valence-corrected chi connectivity index (χ4v) is 2.97. The minimum Gasteiger partial charge on any atom is -0.326 e. The maximum Gasteiger partial charge on any atom is 0.234 e. The number of nitrogens with one attached hydrogen (secondary N) is 2. The summed E-state index contributed by atoms with van der Waals surface area (Å²) in [7, 11) is 0. The van der Waals surface area contributed by atoms with E-state index in [4.69, 9.17) is 0 Å². The fraction of sp³-hybridized carbons (Fsp3) is 0.222. The van der Waals surface area contributed by atoms with Gasteiger partial charge in [0.15, 0.2) is 0 Å². The third-order valence-corrected chi connectivity index (χ3v) is 4.22. The molecule has 0 bridgehead atoms. The van der Waals surface area contributed by atoms with Gasteiger partial charge in [-0.25, -0.2) is 0 Å². The maximum atomic E-state index is 11.9. The molecule has 0 unspecified atom stereocenters. The third-order valence-electron chi connectivity index (χ3n) is 3.24. The van der Waals surface area contributed by atoms with Crippen molar-refractivity contribution in [3.05, 3.63) is 59.7 Å². The lowest BCUT2D eigenvalue weighted by atomic mass is 10.1. The highest BCUT2D eigenvalue weighted by molar-refractivity contribution is 7.99. The summed E-state index contributed by atoms with van der Waals surface area (Å²) in [6, 6.07) is 15.3. The third kappa shape index (κ3) is 5.79. The van der Waals surface area contributed by atoms with Gasteiger partial charge in [0, 0.05) is 24.1 Å². The molecule has 2 N–H and O–H groups in total. The first-order valence-electron chi connectivity index (χ1n) is 7.34. The Morgan fingerprint density at radius 2 is 1.57 bits per heavy atom. The highest BCUT2D eigenvalue weighted by Gasteiger charge is 2.04. The predicted molar refractivity (Wildman–Crippen MR) is 96.7 cm³/mol. The Labute approximate surface area is 140 Å². The van der Waals surface area contributed by atoms with Crippen molar-refractivity contribution in [3.63, 3.8) is 0 Å². The zero-order chi connectivity index (χ0) is 16.7. The van der Waals surface area contributed by atoms with Crippen molar-refractivity contribution in [2.45, 2.75) is 19.6 Å². The van der Waals surface area contributed by atoms with Crippen molar-refractivity contribution >= 4 is 35.0 Å². The summed E-state index contributed by atoms with van der Waals surface area (Å²) >= 11 is 1.59. The first-order chi connectivity index (χ1) is 11.0. The monoisotopic (exact) mass is 328 g/mol. The van der Waals surface area contributed by atoms with E-state index in [-0.39, 0.29) is 11.8 Å². The van der Waals surface area contributed by atoms with Crippen molar-refractivity contribution < 1.29 is 9.59 Å². The van der Waals surface area contributed by atoms with Gasteiger partial charge in [-0.05, 0) is 42.3 Å². The Morgan fingerprint density at radius 3 is 2.17 bits per heavy atom. The van der Waals surface area contributed by atoms with E-state index in [1.807, 2.05) is 12.1 Å². The molecule has 0 saturated heterocycles. The molecule has 0 heterocycles. The molecule has 0 atom stereocenters. The van der Waals surface area contributed by atoms with Crippen LogP contribution in [0.5, 0.6) is 0 Å². The molecule has 2 amide bonds. The summed E-state index contributed by atoms with van der Waals surface area (Å²) < 4.78 is 0. The zero-order valence-electron chi connectivity index (χ0n) is 13.3. The second kappa shape index (κ2) is 8.39. The molecule has 0 aliphatic carbocycles. The van der Waals surface area contributed by atoms with E-state index in [9.17, 15) is 9.59 Å². The molecule has 120 valence electrons. The van der Waals surface area contributed by atoms with Gasteiger partial charge in [0.2, 0.25) is 11.8 Å². The van der Waals surface area contributed by atoms with Crippen LogP contribution >= 0.6 is 11.8 Å². The summed E-state index contributed by atoms with van der Waals surface area (Å²) in [4.78, 5) is 22.9. The quantitative estimate of drug-likeness (QED) is 0.847. The molecular weight excluding hydrogens is 308 g/mol. The number of carbonyl (C=O) groups is 2. The highest BCUT2D eigenvalue weighted by Crippen LogP contribution is 2.17. The molecule has 2 rings (SSSR count). The number of aryl methyl sites for hydroxylation is 1. The summed E-state index contributed by atoms with van der Waals surface area (Å²) in [5.41, 5.74) is 3.93. The second-order valence-electron chi connectivity index (χ2n) is 5.23. The smallest absolute Gasteiger partial charge is 0.234 e. The minimum atomic E-state index is -0.116. The molecule has 0 spiro atoms. The van der Waals surface area contributed by atoms with Crippen LogP contribution in [0.15, 0.2) is 48.5 Å². The van der Waals surface area contributed by atoms with Crippen molar-refractivity contribution in [2.75, 3.05) is 16.4 Å². The number of anilines is 2. The van der Waals surface area contributed by atoms with Crippen molar-refractivity contribution in [2.24, 2.45) is 0 Å². The zero-order valence-corrected chi connectivity index (χ0v) is 14.1. The van der Waals surface area contributed by atoms with E-state index in [0.717, 1.165) is 11.4 Å². The van der Waals surface area contributed by atoms with Gasteiger partial charge in [0.05, 0.1) is 5.75 Å². The molecule has 0 radical (unpaired) electrons. The summed E-state index contributed by atoms with van der Waals surface area (Å²) in [5.74, 6) is 1.08. The van der Waals surface area contributed by atoms with Crippen LogP contribution in [0.4, 0.5) is 11.4 Å². The number of benzene rings is 2. The normalized spacial score (nSPS) is 10.2. The van der Waals surface area contributed by atoms with Crippen molar-refractivity contribution in [1.29, 1.82) is 0 Å². The highest BCUT2D eigenvalue weighted by atomic mass is 32.2. The van der Waals surface area contributed by atoms with E-state index in [2.05, 4.69) is 29.7 Å². The first-order valence-corrected chi connectivity index (χ1v) is 8.50. The largest absolute Gasteiger partial charge is 0.326 e. The van der Waals surface area contributed by atoms with Crippen LogP contribution in [-0.2, 0) is 15.3 Å². The number of amides is 2. The van der Waals surface area contributed by atoms with E-state index in [1.165, 1.54) is 18.1 Å². The lowest BCUT2D eigenvalue weighted by Crippen LogP contribution is -2.14. The molecule has 2 aromatic carbocycles. The van der Waals surface area contributed by atoms with E-state index in [0.29, 0.717) is 11.4 Å². The standard InChI is InChI=1S/C18H20N2O2S/c1-13-5-3-4-6-15(13)11-23-12-18(22)20-17-9-7-16(8-10-17)19-14(2)21/h3-10H,11-12H2,1-2H3,(H,19,21)(H,20,22). The SMILES string of the molecule is CC(=O)Nc1ccc(NC(=O)CSCc2ccccc2C)cc1. The number of carbonyl (C=O) groups excluding carboxylic acids is 2. The molecule has 4 nitrogen and oxygen atoms in total. The molecule has 5 heteroatoms. The fourth-order valence-electron chi connectivity index (χ4n) is 2.06. The summed E-state index contributed by atoms with van der Waals surface area (Å²) in [6.07, 6.45) is 0. The van der Waals surface area contributed by atoms with Gasteiger partial charge in [-0.1, -0.05) is 24.3 Å². The van der Waals surface area contributed by atoms with E-state index in [1.54, 1.807) is 36.0 Å². The number of rotatable bonds is 6. The molecule has 23 heavy (non-hydrogen) atoms. The number of thioether (sulfide) groups is 1. The Bertz CT molecular complexity index is 684. The Hall–Kier alpha value is -2.27. The molecule has 2 aromatic rings. The van der Waals surface area contributed by atoms with Crippen LogP contribution < -0.4 is 10.6 Å². The first kappa shape index (κ1) is 17.1. The van der Waals surface area contributed by atoms with Gasteiger partial charge in [0.25, 0.3) is 0 Å². The van der Waals surface area contributed by atoms with E-state index >= 15 is 0 Å². The van der Waals surface area contributed by atoms with Gasteiger partial charge in [-0.3, -0.25) is 9.59 Å². The molecule has 0 aliphatic rings. The van der Waals surface area contributed by atoms with Gasteiger partial charge >= 0.3 is 0 Å². The summed E-state index contributed by atoms with van der Waals surface area (Å²) in [5, 5.41) is 5.54. The summed E-state index contributed by atoms with van der Waals surface area (Å²) in [6.45, 7) is 3.54. The van der Waals surface area contributed by atoms with Crippen LogP contribution in [0.2, 0.25) is 0 Å². The lowest BCUT2D eigenvalue weighted by Gasteiger charge is -2.08. The Kier molecular flexibility index (Phi) is 6.23.